The maximum Gasteiger partial charge on any atom is 0.252 e. The van der Waals surface area contributed by atoms with E-state index in [0.717, 1.165) is 23.2 Å². The molecule has 6 heteroatoms. The maximum atomic E-state index is 13.0. The van der Waals surface area contributed by atoms with Crippen molar-refractivity contribution in [1.82, 2.24) is 20.6 Å². The number of carbonyl (C=O) groups is 1. The van der Waals surface area contributed by atoms with E-state index in [1.54, 1.807) is 30.5 Å². The van der Waals surface area contributed by atoms with Gasteiger partial charge in [-0.1, -0.05) is 48.0 Å². The van der Waals surface area contributed by atoms with Crippen LogP contribution in [0.3, 0.4) is 0 Å². The van der Waals surface area contributed by atoms with Crippen molar-refractivity contribution in [3.8, 4) is 11.3 Å². The average molecular weight is 429 g/mol. The zero-order valence-electron chi connectivity index (χ0n) is 16.8. The fourth-order valence-corrected chi connectivity index (χ4v) is 4.16. The molecule has 31 heavy (non-hydrogen) atoms. The zero-order valence-corrected chi connectivity index (χ0v) is 17.6. The minimum Gasteiger partial charge on any atom is -0.338 e. The molecule has 1 aromatic heterocycles. The van der Waals surface area contributed by atoms with Crippen LogP contribution >= 0.6 is 11.6 Å². The second kappa shape index (κ2) is 8.10. The Balaban J connectivity index is 1.49. The van der Waals surface area contributed by atoms with E-state index in [0.29, 0.717) is 29.4 Å². The Bertz CT molecular complexity index is 1250. The molecule has 0 aliphatic carbocycles. The molecule has 2 N–H and O–H groups in total. The van der Waals surface area contributed by atoms with Crippen molar-refractivity contribution in [2.75, 3.05) is 13.1 Å². The van der Waals surface area contributed by atoms with Crippen LogP contribution in [0, 0.1) is 0 Å². The minimum atomic E-state index is -0.663. The normalized spacial score (nSPS) is 18.2. The maximum absolute atomic E-state index is 13.0. The summed E-state index contributed by atoms with van der Waals surface area (Å²) in [6.07, 6.45) is 2.48. The Morgan fingerprint density at radius 3 is 2.58 bits per heavy atom. The van der Waals surface area contributed by atoms with E-state index in [1.807, 2.05) is 18.2 Å². The number of rotatable bonds is 4. The first-order valence-corrected chi connectivity index (χ1v) is 10.6. The van der Waals surface area contributed by atoms with E-state index in [9.17, 15) is 4.79 Å². The molecule has 1 amide bonds. The van der Waals surface area contributed by atoms with Gasteiger partial charge in [0.15, 0.2) is 5.82 Å². The van der Waals surface area contributed by atoms with Gasteiger partial charge in [-0.25, -0.2) is 9.97 Å². The van der Waals surface area contributed by atoms with Gasteiger partial charge in [-0.15, -0.1) is 0 Å². The van der Waals surface area contributed by atoms with Gasteiger partial charge in [0, 0.05) is 28.9 Å². The second-order valence-electron chi connectivity index (χ2n) is 7.80. The Kier molecular flexibility index (Phi) is 5.14. The van der Waals surface area contributed by atoms with Crippen LogP contribution in [0.4, 0.5) is 0 Å². The van der Waals surface area contributed by atoms with Gasteiger partial charge in [-0.2, -0.15) is 0 Å². The van der Waals surface area contributed by atoms with Gasteiger partial charge in [0.2, 0.25) is 0 Å². The number of aromatic nitrogens is 2. The molecule has 0 unspecified atom stereocenters. The third-order valence-corrected chi connectivity index (χ3v) is 6.00. The molecule has 0 spiro atoms. The molecule has 1 fully saturated rings. The molecule has 0 saturated carbocycles. The molecule has 4 aromatic rings. The fraction of sp³-hybridized carbons (Fsp3) is 0.160. The number of nitrogens with zero attached hydrogens (tertiary/aromatic N) is 2. The molecular formula is C25H21ClN4O. The molecule has 1 saturated heterocycles. The monoisotopic (exact) mass is 428 g/mol. The number of benzene rings is 3. The quantitative estimate of drug-likeness (QED) is 0.499. The van der Waals surface area contributed by atoms with Crippen LogP contribution in [-0.2, 0) is 5.54 Å². The van der Waals surface area contributed by atoms with Gasteiger partial charge in [-0.05, 0) is 60.1 Å². The molecule has 3 aromatic carbocycles. The van der Waals surface area contributed by atoms with Crippen LogP contribution in [0.5, 0.6) is 0 Å². The van der Waals surface area contributed by atoms with E-state index in [-0.39, 0.29) is 5.91 Å². The second-order valence-corrected chi connectivity index (χ2v) is 8.23. The van der Waals surface area contributed by atoms with Crippen LogP contribution < -0.4 is 10.6 Å². The van der Waals surface area contributed by atoms with Crippen molar-refractivity contribution >= 4 is 28.3 Å². The highest BCUT2D eigenvalue weighted by Gasteiger charge is 2.40. The molecule has 5 nitrogen and oxygen atoms in total. The summed E-state index contributed by atoms with van der Waals surface area (Å²) in [6, 6.07) is 23.3. The topological polar surface area (TPSA) is 66.9 Å². The number of hydrogen-bond donors (Lipinski definition) is 2. The van der Waals surface area contributed by atoms with E-state index in [1.165, 1.54) is 5.39 Å². The molecule has 1 aliphatic rings. The lowest BCUT2D eigenvalue weighted by atomic mass is 9.96. The van der Waals surface area contributed by atoms with Gasteiger partial charge >= 0.3 is 0 Å². The first-order valence-electron chi connectivity index (χ1n) is 10.2. The molecule has 1 atom stereocenters. The number of halogens is 1. The number of amides is 1. The van der Waals surface area contributed by atoms with E-state index < -0.39 is 5.54 Å². The van der Waals surface area contributed by atoms with Crippen LogP contribution in [0.15, 0.2) is 79.0 Å². The Morgan fingerprint density at radius 1 is 1.00 bits per heavy atom. The minimum absolute atomic E-state index is 0.167. The Labute approximate surface area is 185 Å². The van der Waals surface area contributed by atoms with Crippen molar-refractivity contribution in [2.45, 2.75) is 12.0 Å². The van der Waals surface area contributed by atoms with E-state index in [4.69, 9.17) is 16.6 Å². The van der Waals surface area contributed by atoms with Crippen molar-refractivity contribution in [3.63, 3.8) is 0 Å². The largest absolute Gasteiger partial charge is 0.338 e. The highest BCUT2D eigenvalue weighted by molar-refractivity contribution is 6.30. The van der Waals surface area contributed by atoms with Crippen LogP contribution in [0.2, 0.25) is 5.02 Å². The number of fused-ring (bicyclic) bond motifs is 1. The standard InChI is InChI=1S/C25H21ClN4O/c26-21-9-7-18(8-10-21)23(31)30-25(12-14-27-16-25)24-28-13-11-22(29-24)20-6-5-17-3-1-2-4-19(17)15-20/h1-11,13,15,27H,12,14,16H2,(H,30,31)/t25-/m1/s1. The third-order valence-electron chi connectivity index (χ3n) is 5.74. The molecule has 0 bridgehead atoms. The fourth-order valence-electron chi connectivity index (χ4n) is 4.03. The van der Waals surface area contributed by atoms with Gasteiger partial charge in [-0.3, -0.25) is 4.79 Å². The van der Waals surface area contributed by atoms with Gasteiger partial charge in [0.25, 0.3) is 5.91 Å². The summed E-state index contributed by atoms with van der Waals surface area (Å²) in [7, 11) is 0. The molecule has 5 rings (SSSR count). The molecule has 154 valence electrons. The Hall–Kier alpha value is -3.28. The summed E-state index contributed by atoms with van der Waals surface area (Å²) in [4.78, 5) is 22.4. The van der Waals surface area contributed by atoms with Crippen LogP contribution in [0.25, 0.3) is 22.0 Å². The average Bonchev–Trinajstić information content (AvgIpc) is 3.29. The molecular weight excluding hydrogens is 408 g/mol. The lowest BCUT2D eigenvalue weighted by Crippen LogP contribution is -2.48. The molecule has 1 aliphatic heterocycles. The lowest BCUT2D eigenvalue weighted by molar-refractivity contribution is 0.0900. The summed E-state index contributed by atoms with van der Waals surface area (Å²) in [6.45, 7) is 1.36. The predicted octanol–water partition coefficient (Wildman–Crippen LogP) is 4.57. The SMILES string of the molecule is O=C(N[C@]1(c2nccc(-c3ccc4ccccc4c3)n2)CCNC1)c1ccc(Cl)cc1. The van der Waals surface area contributed by atoms with Crippen molar-refractivity contribution < 1.29 is 4.79 Å². The van der Waals surface area contributed by atoms with Crippen LogP contribution in [0.1, 0.15) is 22.6 Å². The first-order chi connectivity index (χ1) is 15.1. The number of nitrogens with one attached hydrogen (secondary N) is 2. The molecule has 2 heterocycles. The van der Waals surface area contributed by atoms with Crippen molar-refractivity contribution in [3.05, 3.63) is 95.4 Å². The predicted molar refractivity (Wildman–Crippen MR) is 123 cm³/mol. The van der Waals surface area contributed by atoms with E-state index >= 15 is 0 Å². The summed E-state index contributed by atoms with van der Waals surface area (Å²) in [5.41, 5.74) is 1.75. The highest BCUT2D eigenvalue weighted by Crippen LogP contribution is 2.29. The third kappa shape index (κ3) is 3.90. The Morgan fingerprint density at radius 2 is 1.81 bits per heavy atom. The van der Waals surface area contributed by atoms with Gasteiger partial charge < -0.3 is 10.6 Å². The van der Waals surface area contributed by atoms with E-state index in [2.05, 4.69) is 45.9 Å². The van der Waals surface area contributed by atoms with Gasteiger partial charge in [0.1, 0.15) is 5.54 Å². The summed E-state index contributed by atoms with van der Waals surface area (Å²) < 4.78 is 0. The summed E-state index contributed by atoms with van der Waals surface area (Å²) in [5.74, 6) is 0.450. The number of carbonyl (C=O) groups excluding carboxylic acids is 1. The number of hydrogen-bond acceptors (Lipinski definition) is 4. The molecule has 0 radical (unpaired) electrons. The van der Waals surface area contributed by atoms with Crippen molar-refractivity contribution in [2.24, 2.45) is 0 Å². The highest BCUT2D eigenvalue weighted by atomic mass is 35.5. The van der Waals surface area contributed by atoms with Gasteiger partial charge in [0.05, 0.1) is 5.69 Å². The van der Waals surface area contributed by atoms with Crippen LogP contribution in [-0.4, -0.2) is 29.0 Å². The summed E-state index contributed by atoms with van der Waals surface area (Å²) in [5, 5.41) is 9.47. The zero-order chi connectivity index (χ0) is 21.3. The first kappa shape index (κ1) is 19.7. The smallest absolute Gasteiger partial charge is 0.252 e. The summed E-state index contributed by atoms with van der Waals surface area (Å²) >= 11 is 5.96. The van der Waals surface area contributed by atoms with Crippen molar-refractivity contribution in [1.29, 1.82) is 0 Å². The lowest BCUT2D eigenvalue weighted by Gasteiger charge is -2.28.